The molecule has 0 saturated carbocycles. The molecule has 0 aliphatic heterocycles. The number of hydrogen-bond donors (Lipinski definition) is 1. The molecule has 0 heterocycles. The van der Waals surface area contributed by atoms with Crippen LogP contribution in [0.4, 0.5) is 0 Å². The summed E-state index contributed by atoms with van der Waals surface area (Å²) in [6.07, 6.45) is 1.70. The molecule has 0 amide bonds. The van der Waals surface area contributed by atoms with Gasteiger partial charge in [-0.2, -0.15) is 5.26 Å². The van der Waals surface area contributed by atoms with Crippen molar-refractivity contribution in [1.82, 2.24) is 4.72 Å². The third-order valence-corrected chi connectivity index (χ3v) is 6.15. The predicted octanol–water partition coefficient (Wildman–Crippen LogP) is 2.58. The summed E-state index contributed by atoms with van der Waals surface area (Å²) in [6, 6.07) is 12.0. The minimum atomic E-state index is -3.75. The van der Waals surface area contributed by atoms with Crippen LogP contribution in [0, 0.1) is 11.3 Å². The van der Waals surface area contributed by atoms with Crippen LogP contribution in [0.2, 0.25) is 0 Å². The molecule has 3 rings (SSSR count). The van der Waals surface area contributed by atoms with Crippen LogP contribution in [0.15, 0.2) is 41.3 Å². The monoisotopic (exact) mass is 372 g/mol. The molecule has 1 atom stereocenters. The molecular weight excluding hydrogens is 352 g/mol. The first-order valence-electron chi connectivity index (χ1n) is 8.23. The fraction of sp³-hybridized carbons (Fsp3) is 0.316. The Hall–Kier alpha value is -2.56. The molecule has 0 bridgehead atoms. The highest BCUT2D eigenvalue weighted by Gasteiger charge is 2.27. The quantitative estimate of drug-likeness (QED) is 0.842. The molecule has 6 nitrogen and oxygen atoms in total. The number of hydrogen-bond acceptors (Lipinski definition) is 5. The summed E-state index contributed by atoms with van der Waals surface area (Å²) in [7, 11) is -0.576. The van der Waals surface area contributed by atoms with E-state index in [4.69, 9.17) is 14.7 Å². The largest absolute Gasteiger partial charge is 0.493 e. The number of benzene rings is 2. The third-order valence-electron chi connectivity index (χ3n) is 4.66. The number of rotatable bonds is 6. The van der Waals surface area contributed by atoms with E-state index in [0.29, 0.717) is 11.5 Å². The number of ether oxygens (including phenoxy) is 2. The van der Waals surface area contributed by atoms with Crippen LogP contribution in [0.5, 0.6) is 11.5 Å². The van der Waals surface area contributed by atoms with Gasteiger partial charge in [-0.15, -0.1) is 0 Å². The summed E-state index contributed by atoms with van der Waals surface area (Å²) < 4.78 is 38.5. The maximum Gasteiger partial charge on any atom is 0.241 e. The number of aryl methyl sites for hydroxylation is 1. The fourth-order valence-corrected chi connectivity index (χ4v) is 4.55. The van der Waals surface area contributed by atoms with E-state index in [0.717, 1.165) is 24.0 Å². The highest BCUT2D eigenvalue weighted by molar-refractivity contribution is 7.89. The zero-order valence-corrected chi connectivity index (χ0v) is 15.5. The van der Waals surface area contributed by atoms with Crippen molar-refractivity contribution in [3.8, 4) is 17.6 Å². The molecule has 1 N–H and O–H groups in total. The lowest BCUT2D eigenvalue weighted by atomic mass is 10.0. The second-order valence-electron chi connectivity index (χ2n) is 6.10. The summed E-state index contributed by atoms with van der Waals surface area (Å²) >= 11 is 0. The maximum absolute atomic E-state index is 12.6. The first-order chi connectivity index (χ1) is 12.5. The summed E-state index contributed by atoms with van der Waals surface area (Å²) in [5.74, 6) is 1.36. The van der Waals surface area contributed by atoms with Gasteiger partial charge in [-0.3, -0.25) is 0 Å². The molecule has 1 unspecified atom stereocenters. The molecular formula is C19H20N2O4S. The van der Waals surface area contributed by atoms with Gasteiger partial charge in [0.25, 0.3) is 0 Å². The van der Waals surface area contributed by atoms with E-state index in [1.807, 2.05) is 18.2 Å². The number of nitriles is 1. The normalized spacial score (nSPS) is 16.0. The van der Waals surface area contributed by atoms with Crippen LogP contribution in [0.25, 0.3) is 0 Å². The lowest BCUT2D eigenvalue weighted by Crippen LogP contribution is -2.28. The minimum Gasteiger partial charge on any atom is -0.493 e. The molecule has 2 aromatic carbocycles. The second kappa shape index (κ2) is 7.36. The topological polar surface area (TPSA) is 88.4 Å². The van der Waals surface area contributed by atoms with Gasteiger partial charge in [-0.05, 0) is 54.2 Å². The maximum atomic E-state index is 12.6. The molecule has 0 saturated heterocycles. The molecule has 2 aromatic rings. The lowest BCUT2D eigenvalue weighted by Gasteiger charge is -2.16. The average molecular weight is 372 g/mol. The SMILES string of the molecule is COc1cc2c(cc1OC)C(CNS(=O)(=O)c1ccccc1C#N)CC2. The van der Waals surface area contributed by atoms with Crippen LogP contribution in [-0.2, 0) is 16.4 Å². The summed E-state index contributed by atoms with van der Waals surface area (Å²) in [6.45, 7) is 0.268. The fourth-order valence-electron chi connectivity index (χ4n) is 3.31. The van der Waals surface area contributed by atoms with Crippen molar-refractivity contribution in [3.05, 3.63) is 53.1 Å². The number of nitrogens with zero attached hydrogens (tertiary/aromatic N) is 1. The van der Waals surface area contributed by atoms with E-state index >= 15 is 0 Å². The zero-order valence-electron chi connectivity index (χ0n) is 14.7. The Kier molecular flexibility index (Phi) is 5.16. The Bertz CT molecular complexity index is 964. The summed E-state index contributed by atoms with van der Waals surface area (Å²) in [5, 5.41) is 9.13. The van der Waals surface area contributed by atoms with Crippen LogP contribution >= 0.6 is 0 Å². The van der Waals surface area contributed by atoms with Crippen molar-refractivity contribution in [2.75, 3.05) is 20.8 Å². The Labute approximate surface area is 153 Å². The molecule has 0 radical (unpaired) electrons. The van der Waals surface area contributed by atoms with Gasteiger partial charge in [0.1, 0.15) is 6.07 Å². The van der Waals surface area contributed by atoms with Crippen molar-refractivity contribution in [2.24, 2.45) is 0 Å². The summed E-state index contributed by atoms with van der Waals surface area (Å²) in [4.78, 5) is 0.00744. The average Bonchev–Trinajstić information content (AvgIpc) is 3.07. The molecule has 1 aliphatic rings. The minimum absolute atomic E-state index is 0.00744. The highest BCUT2D eigenvalue weighted by Crippen LogP contribution is 2.40. The van der Waals surface area contributed by atoms with Crippen molar-refractivity contribution in [2.45, 2.75) is 23.7 Å². The zero-order chi connectivity index (χ0) is 18.7. The number of nitrogens with one attached hydrogen (secondary N) is 1. The van der Waals surface area contributed by atoms with E-state index in [2.05, 4.69) is 4.72 Å². The third kappa shape index (κ3) is 3.39. The second-order valence-corrected chi connectivity index (χ2v) is 7.84. The van der Waals surface area contributed by atoms with Crippen molar-refractivity contribution < 1.29 is 17.9 Å². The van der Waals surface area contributed by atoms with E-state index in [-0.39, 0.29) is 22.9 Å². The van der Waals surface area contributed by atoms with Crippen molar-refractivity contribution in [3.63, 3.8) is 0 Å². The van der Waals surface area contributed by atoms with Gasteiger partial charge in [0.2, 0.25) is 10.0 Å². The van der Waals surface area contributed by atoms with Crippen LogP contribution in [0.1, 0.15) is 29.0 Å². The summed E-state index contributed by atoms with van der Waals surface area (Å²) in [5.41, 5.74) is 2.35. The highest BCUT2D eigenvalue weighted by atomic mass is 32.2. The Morgan fingerprint density at radius 2 is 1.88 bits per heavy atom. The standard InChI is InChI=1S/C19H20N2O4S/c1-24-17-9-13-7-8-15(16(13)10-18(17)25-2)12-21-26(22,23)19-6-4-3-5-14(19)11-20/h3-6,9-10,15,21H,7-8,12H2,1-2H3. The lowest BCUT2D eigenvalue weighted by molar-refractivity contribution is 0.354. The van der Waals surface area contributed by atoms with E-state index in [1.54, 1.807) is 26.4 Å². The molecule has 0 aromatic heterocycles. The Balaban J connectivity index is 1.81. The van der Waals surface area contributed by atoms with Gasteiger partial charge in [0.05, 0.1) is 24.7 Å². The molecule has 1 aliphatic carbocycles. The Morgan fingerprint density at radius 3 is 2.58 bits per heavy atom. The number of sulfonamides is 1. The van der Waals surface area contributed by atoms with Gasteiger partial charge < -0.3 is 9.47 Å². The molecule has 0 spiro atoms. The van der Waals surface area contributed by atoms with Gasteiger partial charge in [-0.25, -0.2) is 13.1 Å². The predicted molar refractivity (Wildman–Crippen MR) is 97.0 cm³/mol. The van der Waals surface area contributed by atoms with E-state index < -0.39 is 10.0 Å². The molecule has 0 fully saturated rings. The van der Waals surface area contributed by atoms with E-state index in [1.165, 1.54) is 12.1 Å². The van der Waals surface area contributed by atoms with E-state index in [9.17, 15) is 8.42 Å². The Morgan fingerprint density at radius 1 is 1.19 bits per heavy atom. The van der Waals surface area contributed by atoms with Crippen LogP contribution in [0.3, 0.4) is 0 Å². The first-order valence-corrected chi connectivity index (χ1v) is 9.72. The van der Waals surface area contributed by atoms with Crippen molar-refractivity contribution >= 4 is 10.0 Å². The smallest absolute Gasteiger partial charge is 0.241 e. The molecule has 26 heavy (non-hydrogen) atoms. The van der Waals surface area contributed by atoms with Crippen molar-refractivity contribution in [1.29, 1.82) is 5.26 Å². The van der Waals surface area contributed by atoms with Gasteiger partial charge >= 0.3 is 0 Å². The molecule has 136 valence electrons. The van der Waals surface area contributed by atoms with Gasteiger partial charge in [0, 0.05) is 6.54 Å². The molecule has 7 heteroatoms. The number of fused-ring (bicyclic) bond motifs is 1. The van der Waals surface area contributed by atoms with Gasteiger partial charge in [0.15, 0.2) is 11.5 Å². The van der Waals surface area contributed by atoms with Crippen LogP contribution < -0.4 is 14.2 Å². The van der Waals surface area contributed by atoms with Crippen LogP contribution in [-0.4, -0.2) is 29.2 Å². The number of methoxy groups -OCH3 is 2. The van der Waals surface area contributed by atoms with Gasteiger partial charge in [-0.1, -0.05) is 12.1 Å². The first kappa shape index (κ1) is 18.2.